The second kappa shape index (κ2) is 6.31. The van der Waals surface area contributed by atoms with Gasteiger partial charge in [0.2, 0.25) is 0 Å². The molecule has 2 rings (SSSR count). The number of carbonyl (C=O) groups is 1. The standard InChI is InChI=1S/C13H19N3O4S/c1-14-11-7-5-9-16(12-8-4-3-6-10(11)12)21(18,19)15-13(17)20-2/h3-4,6,8,11,14H,5,7,9H2,1-2H3,(H,15,17). The SMILES string of the molecule is CNC1CCCN(S(=O)(=O)NC(=O)OC)c2ccccc21. The van der Waals surface area contributed by atoms with Gasteiger partial charge in [-0.3, -0.25) is 4.31 Å². The van der Waals surface area contributed by atoms with Crippen LogP contribution in [0.5, 0.6) is 0 Å². The van der Waals surface area contributed by atoms with Crippen LogP contribution < -0.4 is 14.3 Å². The van der Waals surface area contributed by atoms with Crippen LogP contribution in [-0.4, -0.2) is 35.2 Å². The van der Waals surface area contributed by atoms with Gasteiger partial charge in [-0.05, 0) is 31.5 Å². The number of rotatable bonds is 3. The minimum atomic E-state index is -3.98. The van der Waals surface area contributed by atoms with Crippen molar-refractivity contribution in [3.8, 4) is 0 Å². The number of fused-ring (bicyclic) bond motifs is 1. The summed E-state index contributed by atoms with van der Waals surface area (Å²) >= 11 is 0. The maximum absolute atomic E-state index is 12.4. The number of anilines is 1. The molecule has 0 fully saturated rings. The lowest BCUT2D eigenvalue weighted by molar-refractivity contribution is 0.177. The van der Waals surface area contributed by atoms with E-state index >= 15 is 0 Å². The van der Waals surface area contributed by atoms with Crippen LogP contribution in [0.15, 0.2) is 24.3 Å². The van der Waals surface area contributed by atoms with Gasteiger partial charge in [-0.15, -0.1) is 0 Å². The minimum Gasteiger partial charge on any atom is -0.452 e. The van der Waals surface area contributed by atoms with E-state index in [9.17, 15) is 13.2 Å². The fourth-order valence-electron chi connectivity index (χ4n) is 2.48. The fraction of sp³-hybridized carbons (Fsp3) is 0.462. The largest absolute Gasteiger partial charge is 0.452 e. The molecule has 0 aromatic heterocycles. The molecule has 0 aliphatic carbocycles. The molecule has 0 saturated heterocycles. The predicted molar refractivity (Wildman–Crippen MR) is 79.3 cm³/mol. The Balaban J connectivity index is 2.42. The van der Waals surface area contributed by atoms with Crippen LogP contribution in [0.2, 0.25) is 0 Å². The van der Waals surface area contributed by atoms with E-state index in [0.29, 0.717) is 18.7 Å². The van der Waals surface area contributed by atoms with Crippen LogP contribution in [0.4, 0.5) is 10.5 Å². The van der Waals surface area contributed by atoms with Crippen molar-refractivity contribution in [3.05, 3.63) is 29.8 Å². The molecule has 1 amide bonds. The molecule has 8 heteroatoms. The summed E-state index contributed by atoms with van der Waals surface area (Å²) in [4.78, 5) is 11.2. The number of ether oxygens (including phenoxy) is 1. The topological polar surface area (TPSA) is 87.7 Å². The van der Waals surface area contributed by atoms with E-state index in [-0.39, 0.29) is 6.04 Å². The van der Waals surface area contributed by atoms with Crippen molar-refractivity contribution >= 4 is 22.0 Å². The molecule has 21 heavy (non-hydrogen) atoms. The third-order valence-corrected chi connectivity index (χ3v) is 4.86. The van der Waals surface area contributed by atoms with E-state index in [1.165, 1.54) is 4.31 Å². The lowest BCUT2D eigenvalue weighted by atomic mass is 10.0. The molecule has 7 nitrogen and oxygen atoms in total. The summed E-state index contributed by atoms with van der Waals surface area (Å²) in [6.07, 6.45) is 0.502. The first-order valence-corrected chi connectivity index (χ1v) is 8.08. The molecule has 0 bridgehead atoms. The van der Waals surface area contributed by atoms with Crippen LogP contribution in [0.1, 0.15) is 24.4 Å². The molecule has 2 N–H and O–H groups in total. The van der Waals surface area contributed by atoms with E-state index in [2.05, 4.69) is 10.1 Å². The van der Waals surface area contributed by atoms with Gasteiger partial charge < -0.3 is 10.1 Å². The summed E-state index contributed by atoms with van der Waals surface area (Å²) in [6, 6.07) is 7.36. The molecule has 1 aliphatic rings. The minimum absolute atomic E-state index is 0.0829. The Hall–Kier alpha value is -1.80. The maximum atomic E-state index is 12.4. The predicted octanol–water partition coefficient (Wildman–Crippen LogP) is 1.15. The molecular weight excluding hydrogens is 294 g/mol. The van der Waals surface area contributed by atoms with Gasteiger partial charge in [-0.2, -0.15) is 8.42 Å². The van der Waals surface area contributed by atoms with E-state index < -0.39 is 16.3 Å². The van der Waals surface area contributed by atoms with E-state index in [1.807, 2.05) is 23.9 Å². The summed E-state index contributed by atoms with van der Waals surface area (Å²) in [5.41, 5.74) is 1.47. The van der Waals surface area contributed by atoms with Gasteiger partial charge in [0, 0.05) is 12.6 Å². The number of nitrogens with zero attached hydrogens (tertiary/aromatic N) is 1. The number of nitrogens with one attached hydrogen (secondary N) is 2. The van der Waals surface area contributed by atoms with E-state index in [0.717, 1.165) is 19.1 Å². The molecule has 116 valence electrons. The first-order valence-electron chi connectivity index (χ1n) is 6.64. The summed E-state index contributed by atoms with van der Waals surface area (Å²) in [5.74, 6) is 0. The number of methoxy groups -OCH3 is 1. The van der Waals surface area contributed by atoms with Crippen LogP contribution in [0.25, 0.3) is 0 Å². The summed E-state index contributed by atoms with van der Waals surface area (Å²) < 4.78 is 32.2. The molecule has 0 spiro atoms. The Kier molecular flexibility index (Phi) is 4.69. The van der Waals surface area contributed by atoms with Crippen molar-refractivity contribution in [1.82, 2.24) is 10.0 Å². The highest BCUT2D eigenvalue weighted by Gasteiger charge is 2.30. The van der Waals surface area contributed by atoms with Crippen LogP contribution in [0, 0.1) is 0 Å². The van der Waals surface area contributed by atoms with Gasteiger partial charge in [0.1, 0.15) is 0 Å². The quantitative estimate of drug-likeness (QED) is 0.874. The highest BCUT2D eigenvalue weighted by molar-refractivity contribution is 7.91. The van der Waals surface area contributed by atoms with Gasteiger partial charge in [0.25, 0.3) is 0 Å². The normalized spacial score (nSPS) is 18.6. The van der Waals surface area contributed by atoms with Crippen LogP contribution >= 0.6 is 0 Å². The molecule has 0 saturated carbocycles. The van der Waals surface area contributed by atoms with Crippen molar-refractivity contribution in [2.24, 2.45) is 0 Å². The molecule has 0 radical (unpaired) electrons. The summed E-state index contributed by atoms with van der Waals surface area (Å²) in [5, 5.41) is 3.19. The first kappa shape index (κ1) is 15.6. The number of amides is 1. The number of carbonyl (C=O) groups excluding carboxylic acids is 1. The second-order valence-corrected chi connectivity index (χ2v) is 6.31. The molecule has 1 atom stereocenters. The molecule has 1 aliphatic heterocycles. The van der Waals surface area contributed by atoms with Gasteiger partial charge in [0.15, 0.2) is 0 Å². The maximum Gasteiger partial charge on any atom is 0.422 e. The first-order chi connectivity index (χ1) is 9.99. The van der Waals surface area contributed by atoms with Crippen molar-refractivity contribution in [3.63, 3.8) is 0 Å². The second-order valence-electron chi connectivity index (χ2n) is 4.71. The van der Waals surface area contributed by atoms with Crippen LogP contribution in [0.3, 0.4) is 0 Å². The van der Waals surface area contributed by atoms with Gasteiger partial charge in [-0.1, -0.05) is 18.2 Å². The summed E-state index contributed by atoms with van der Waals surface area (Å²) in [7, 11) is -1.01. The molecule has 1 heterocycles. The third kappa shape index (κ3) is 3.27. The molecule has 1 aromatic carbocycles. The Morgan fingerprint density at radius 3 is 2.76 bits per heavy atom. The highest BCUT2D eigenvalue weighted by atomic mass is 32.2. The zero-order chi connectivity index (χ0) is 15.5. The number of benzene rings is 1. The Bertz CT molecular complexity index is 618. The Morgan fingerprint density at radius 2 is 2.10 bits per heavy atom. The zero-order valence-electron chi connectivity index (χ0n) is 12.0. The van der Waals surface area contributed by atoms with Gasteiger partial charge >= 0.3 is 16.3 Å². The fourth-order valence-corrected chi connectivity index (χ4v) is 3.67. The summed E-state index contributed by atoms with van der Waals surface area (Å²) in [6.45, 7) is 0.307. The lowest BCUT2D eigenvalue weighted by Crippen LogP contribution is -2.44. The smallest absolute Gasteiger partial charge is 0.422 e. The Morgan fingerprint density at radius 1 is 1.38 bits per heavy atom. The van der Waals surface area contributed by atoms with Crippen molar-refractivity contribution < 1.29 is 17.9 Å². The average Bonchev–Trinajstić information content (AvgIpc) is 2.66. The lowest BCUT2D eigenvalue weighted by Gasteiger charge is -2.24. The Labute approximate surface area is 124 Å². The van der Waals surface area contributed by atoms with Crippen molar-refractivity contribution in [1.29, 1.82) is 0 Å². The average molecular weight is 313 g/mol. The number of para-hydroxylation sites is 1. The number of hydrogen-bond donors (Lipinski definition) is 2. The van der Waals surface area contributed by atoms with E-state index in [4.69, 9.17) is 0 Å². The van der Waals surface area contributed by atoms with Gasteiger partial charge in [0.05, 0.1) is 12.8 Å². The highest BCUT2D eigenvalue weighted by Crippen LogP contribution is 2.33. The molecule has 1 aromatic rings. The molecule has 1 unspecified atom stereocenters. The van der Waals surface area contributed by atoms with Gasteiger partial charge in [-0.25, -0.2) is 9.52 Å². The molecular formula is C13H19N3O4S. The third-order valence-electron chi connectivity index (χ3n) is 3.47. The van der Waals surface area contributed by atoms with Crippen molar-refractivity contribution in [2.75, 3.05) is 25.0 Å². The van der Waals surface area contributed by atoms with E-state index in [1.54, 1.807) is 12.1 Å². The van der Waals surface area contributed by atoms with Crippen molar-refractivity contribution in [2.45, 2.75) is 18.9 Å². The van der Waals surface area contributed by atoms with Crippen LogP contribution in [-0.2, 0) is 14.9 Å². The monoisotopic (exact) mass is 313 g/mol. The number of hydrogen-bond acceptors (Lipinski definition) is 5. The zero-order valence-corrected chi connectivity index (χ0v) is 12.8.